The second-order valence-corrected chi connectivity index (χ2v) is 5.38. The Labute approximate surface area is 128 Å². The molecule has 4 heteroatoms. The van der Waals surface area contributed by atoms with Crippen LogP contribution in [-0.4, -0.2) is 28.0 Å². The molecular weight excluding hydrogens is 280 g/mol. The predicted octanol–water partition coefficient (Wildman–Crippen LogP) is 2.57. The molecule has 114 valence electrons. The molecule has 0 saturated carbocycles. The zero-order chi connectivity index (χ0) is 15.7. The van der Waals surface area contributed by atoms with E-state index in [-0.39, 0.29) is 12.4 Å². The van der Waals surface area contributed by atoms with Crippen molar-refractivity contribution in [2.45, 2.75) is 18.6 Å². The summed E-state index contributed by atoms with van der Waals surface area (Å²) in [6, 6.07) is 10.8. The molecule has 2 atom stereocenters. The van der Waals surface area contributed by atoms with Gasteiger partial charge in [0.25, 0.3) is 0 Å². The van der Waals surface area contributed by atoms with E-state index in [1.807, 2.05) is 24.3 Å². The van der Waals surface area contributed by atoms with Crippen LogP contribution in [0.3, 0.4) is 0 Å². The standard InChI is InChI=1S/C18H18O4/c1-2-3-11-4-6-15(20)13(8-11)12-5-7-16-14(9-12)18(21)17(10-19)22-16/h2,4-9,17-21H,1,3,10H2/t17-,18+/m0/s1. The van der Waals surface area contributed by atoms with Gasteiger partial charge in [-0.3, -0.25) is 0 Å². The summed E-state index contributed by atoms with van der Waals surface area (Å²) in [5.41, 5.74) is 3.17. The molecule has 2 aromatic rings. The molecule has 2 aromatic carbocycles. The van der Waals surface area contributed by atoms with E-state index in [4.69, 9.17) is 4.74 Å². The van der Waals surface area contributed by atoms with E-state index in [0.717, 1.165) is 17.5 Å². The Balaban J connectivity index is 2.02. The Morgan fingerprint density at radius 1 is 1.18 bits per heavy atom. The molecule has 0 spiro atoms. The highest BCUT2D eigenvalue weighted by atomic mass is 16.5. The predicted molar refractivity (Wildman–Crippen MR) is 83.9 cm³/mol. The van der Waals surface area contributed by atoms with Crippen LogP contribution >= 0.6 is 0 Å². The van der Waals surface area contributed by atoms with Crippen LogP contribution in [0.4, 0.5) is 0 Å². The van der Waals surface area contributed by atoms with Crippen molar-refractivity contribution >= 4 is 0 Å². The summed E-state index contributed by atoms with van der Waals surface area (Å²) >= 11 is 0. The maximum atomic E-state index is 10.2. The number of aliphatic hydroxyl groups excluding tert-OH is 2. The van der Waals surface area contributed by atoms with Crippen molar-refractivity contribution in [2.24, 2.45) is 0 Å². The lowest BCUT2D eigenvalue weighted by Gasteiger charge is -2.10. The average Bonchev–Trinajstić information content (AvgIpc) is 2.85. The molecule has 3 N–H and O–H groups in total. The molecule has 0 radical (unpaired) electrons. The van der Waals surface area contributed by atoms with Crippen LogP contribution in [-0.2, 0) is 6.42 Å². The second-order valence-electron chi connectivity index (χ2n) is 5.38. The molecule has 4 nitrogen and oxygen atoms in total. The summed E-state index contributed by atoms with van der Waals surface area (Å²) in [5.74, 6) is 0.747. The Bertz CT molecular complexity index is 708. The normalized spacial score (nSPS) is 19.5. The number of benzene rings is 2. The van der Waals surface area contributed by atoms with E-state index in [1.54, 1.807) is 18.2 Å². The van der Waals surface area contributed by atoms with Gasteiger partial charge in [0.05, 0.1) is 6.61 Å². The van der Waals surface area contributed by atoms with Crippen molar-refractivity contribution in [1.29, 1.82) is 0 Å². The van der Waals surface area contributed by atoms with Crippen molar-refractivity contribution in [3.8, 4) is 22.6 Å². The van der Waals surface area contributed by atoms with E-state index in [2.05, 4.69) is 6.58 Å². The van der Waals surface area contributed by atoms with Gasteiger partial charge in [0.2, 0.25) is 0 Å². The summed E-state index contributed by atoms with van der Waals surface area (Å²) in [7, 11) is 0. The van der Waals surface area contributed by atoms with E-state index in [1.165, 1.54) is 0 Å². The Kier molecular flexibility index (Phi) is 3.88. The van der Waals surface area contributed by atoms with Gasteiger partial charge in [-0.2, -0.15) is 0 Å². The van der Waals surface area contributed by atoms with Gasteiger partial charge in [0, 0.05) is 11.1 Å². The molecule has 0 bridgehead atoms. The monoisotopic (exact) mass is 298 g/mol. The number of aromatic hydroxyl groups is 1. The molecule has 0 fully saturated rings. The minimum Gasteiger partial charge on any atom is -0.507 e. The van der Waals surface area contributed by atoms with Crippen molar-refractivity contribution in [1.82, 2.24) is 0 Å². The first-order valence-electron chi connectivity index (χ1n) is 7.16. The number of rotatable bonds is 4. The fourth-order valence-corrected chi connectivity index (χ4v) is 2.73. The number of hydrogen-bond acceptors (Lipinski definition) is 4. The zero-order valence-electron chi connectivity index (χ0n) is 12.1. The van der Waals surface area contributed by atoms with Crippen LogP contribution < -0.4 is 4.74 Å². The molecule has 0 aromatic heterocycles. The second kappa shape index (κ2) is 5.83. The van der Waals surface area contributed by atoms with Crippen LogP contribution in [0.25, 0.3) is 11.1 Å². The van der Waals surface area contributed by atoms with Crippen LogP contribution in [0.2, 0.25) is 0 Å². The topological polar surface area (TPSA) is 69.9 Å². The quantitative estimate of drug-likeness (QED) is 0.759. The fourth-order valence-electron chi connectivity index (χ4n) is 2.73. The number of phenols is 1. The molecule has 1 heterocycles. The van der Waals surface area contributed by atoms with Gasteiger partial charge < -0.3 is 20.1 Å². The number of aliphatic hydroxyl groups is 2. The van der Waals surface area contributed by atoms with Crippen LogP contribution in [0.5, 0.6) is 11.5 Å². The minimum atomic E-state index is -0.863. The van der Waals surface area contributed by atoms with Gasteiger partial charge in [0.1, 0.15) is 17.6 Å². The number of fused-ring (bicyclic) bond motifs is 1. The van der Waals surface area contributed by atoms with Gasteiger partial charge >= 0.3 is 0 Å². The van der Waals surface area contributed by atoms with E-state index < -0.39 is 12.2 Å². The van der Waals surface area contributed by atoms with Crippen molar-refractivity contribution in [3.05, 3.63) is 60.2 Å². The van der Waals surface area contributed by atoms with Crippen LogP contribution in [0.15, 0.2) is 49.1 Å². The SMILES string of the molecule is C=CCc1ccc(O)c(-c2ccc3c(c2)[C@@H](O)[C@H](CO)O3)c1. The third-order valence-electron chi connectivity index (χ3n) is 3.89. The third-order valence-corrected chi connectivity index (χ3v) is 3.89. The summed E-state index contributed by atoms with van der Waals surface area (Å²) in [5, 5.41) is 29.5. The number of ether oxygens (including phenoxy) is 1. The van der Waals surface area contributed by atoms with Crippen molar-refractivity contribution < 1.29 is 20.1 Å². The van der Waals surface area contributed by atoms with Gasteiger partial charge in [-0.25, -0.2) is 0 Å². The van der Waals surface area contributed by atoms with E-state index in [9.17, 15) is 15.3 Å². The molecule has 1 aliphatic rings. The lowest BCUT2D eigenvalue weighted by Crippen LogP contribution is -2.22. The first-order valence-corrected chi connectivity index (χ1v) is 7.16. The summed E-state index contributed by atoms with van der Waals surface area (Å²) in [6.07, 6.45) is 1.03. The molecule has 22 heavy (non-hydrogen) atoms. The van der Waals surface area contributed by atoms with E-state index in [0.29, 0.717) is 16.9 Å². The van der Waals surface area contributed by atoms with Gasteiger partial charge in [-0.05, 0) is 41.8 Å². The van der Waals surface area contributed by atoms with Crippen molar-refractivity contribution in [3.63, 3.8) is 0 Å². The molecule has 1 aliphatic heterocycles. The van der Waals surface area contributed by atoms with Gasteiger partial charge in [-0.1, -0.05) is 18.2 Å². The molecular formula is C18H18O4. The van der Waals surface area contributed by atoms with Crippen LogP contribution in [0, 0.1) is 0 Å². The van der Waals surface area contributed by atoms with Gasteiger partial charge in [-0.15, -0.1) is 6.58 Å². The minimum absolute atomic E-state index is 0.180. The number of hydrogen-bond donors (Lipinski definition) is 3. The molecule has 0 unspecified atom stereocenters. The van der Waals surface area contributed by atoms with Crippen LogP contribution in [0.1, 0.15) is 17.2 Å². The van der Waals surface area contributed by atoms with Gasteiger partial charge in [0.15, 0.2) is 6.10 Å². The largest absolute Gasteiger partial charge is 0.507 e. The Morgan fingerprint density at radius 3 is 2.73 bits per heavy atom. The third kappa shape index (κ3) is 2.47. The lowest BCUT2D eigenvalue weighted by atomic mass is 9.97. The highest BCUT2D eigenvalue weighted by Gasteiger charge is 2.32. The average molecular weight is 298 g/mol. The molecule has 0 aliphatic carbocycles. The smallest absolute Gasteiger partial charge is 0.152 e. The zero-order valence-corrected chi connectivity index (χ0v) is 12.1. The maximum absolute atomic E-state index is 10.2. The first-order chi connectivity index (χ1) is 10.6. The summed E-state index contributed by atoms with van der Waals surface area (Å²) in [4.78, 5) is 0. The molecule has 0 amide bonds. The van der Waals surface area contributed by atoms with Crippen molar-refractivity contribution in [2.75, 3.05) is 6.61 Å². The summed E-state index contributed by atoms with van der Waals surface area (Å²) in [6.45, 7) is 3.48. The maximum Gasteiger partial charge on any atom is 0.152 e. The Hall–Kier alpha value is -2.30. The highest BCUT2D eigenvalue weighted by Crippen LogP contribution is 2.40. The lowest BCUT2D eigenvalue weighted by molar-refractivity contribution is 0.0278. The molecule has 3 rings (SSSR count). The number of phenolic OH excluding ortho intramolecular Hbond substituents is 1. The molecule has 0 saturated heterocycles. The number of allylic oxidation sites excluding steroid dienone is 1. The summed E-state index contributed by atoms with van der Waals surface area (Å²) < 4.78 is 5.48. The first kappa shape index (κ1) is 14.6. The highest BCUT2D eigenvalue weighted by molar-refractivity contribution is 5.72. The Morgan fingerprint density at radius 2 is 2.00 bits per heavy atom. The van der Waals surface area contributed by atoms with E-state index >= 15 is 0 Å². The fraction of sp³-hybridized carbons (Fsp3) is 0.222.